The monoisotopic (exact) mass is 295 g/mol. The smallest absolute Gasteiger partial charge is 0.229 e. The Labute approximate surface area is 130 Å². The summed E-state index contributed by atoms with van der Waals surface area (Å²) in [6.07, 6.45) is 1.07. The van der Waals surface area contributed by atoms with Gasteiger partial charge in [-0.3, -0.25) is 0 Å². The van der Waals surface area contributed by atoms with Crippen molar-refractivity contribution in [3.63, 3.8) is 0 Å². The summed E-state index contributed by atoms with van der Waals surface area (Å²) < 4.78 is 5.98. The molecular weight excluding hydrogens is 274 g/mol. The van der Waals surface area contributed by atoms with Crippen molar-refractivity contribution in [3.05, 3.63) is 42.0 Å². The number of aromatic nitrogens is 1. The van der Waals surface area contributed by atoms with Gasteiger partial charge in [0, 0.05) is 25.0 Å². The molecular formula is C18H21N3O. The van der Waals surface area contributed by atoms with Gasteiger partial charge in [0.1, 0.15) is 5.52 Å². The van der Waals surface area contributed by atoms with Crippen molar-refractivity contribution in [2.24, 2.45) is 0 Å². The maximum Gasteiger partial charge on any atom is 0.229 e. The number of nitrogens with zero attached hydrogens (tertiary/aromatic N) is 1. The molecule has 0 saturated heterocycles. The lowest BCUT2D eigenvalue weighted by Crippen LogP contribution is -2.02. The lowest BCUT2D eigenvalue weighted by Gasteiger charge is -2.11. The zero-order chi connectivity index (χ0) is 15.5. The van der Waals surface area contributed by atoms with Gasteiger partial charge in [-0.15, -0.1) is 0 Å². The molecule has 0 radical (unpaired) electrons. The summed E-state index contributed by atoms with van der Waals surface area (Å²) in [5.41, 5.74) is 5.94. The van der Waals surface area contributed by atoms with Gasteiger partial charge >= 0.3 is 0 Å². The molecule has 0 atom stereocenters. The highest BCUT2D eigenvalue weighted by molar-refractivity contribution is 5.82. The molecule has 0 fully saturated rings. The van der Waals surface area contributed by atoms with E-state index in [4.69, 9.17) is 4.42 Å². The first-order valence-corrected chi connectivity index (χ1v) is 7.64. The minimum Gasteiger partial charge on any atom is -0.436 e. The molecule has 0 aliphatic rings. The fourth-order valence-corrected chi connectivity index (χ4v) is 2.44. The predicted octanol–water partition coefficient (Wildman–Crippen LogP) is 4.67. The van der Waals surface area contributed by atoms with E-state index in [-0.39, 0.29) is 0 Å². The van der Waals surface area contributed by atoms with Crippen LogP contribution < -0.4 is 10.6 Å². The normalized spacial score (nSPS) is 10.9. The van der Waals surface area contributed by atoms with Crippen LogP contribution in [0.5, 0.6) is 0 Å². The lowest BCUT2D eigenvalue weighted by molar-refractivity contribution is 0.620. The van der Waals surface area contributed by atoms with Crippen LogP contribution in [0.4, 0.5) is 11.4 Å². The molecule has 0 aliphatic carbocycles. The number of nitrogens with one attached hydrogen (secondary N) is 2. The second-order valence-electron chi connectivity index (χ2n) is 5.43. The van der Waals surface area contributed by atoms with Crippen LogP contribution in [0, 0.1) is 6.92 Å². The maximum absolute atomic E-state index is 5.98. The van der Waals surface area contributed by atoms with Gasteiger partial charge in [0.05, 0.1) is 5.56 Å². The Balaban J connectivity index is 2.10. The third kappa shape index (κ3) is 2.77. The summed E-state index contributed by atoms with van der Waals surface area (Å²) in [7, 11) is 1.91. The minimum absolute atomic E-state index is 0.649. The van der Waals surface area contributed by atoms with Crippen molar-refractivity contribution in [2.45, 2.75) is 20.3 Å². The van der Waals surface area contributed by atoms with E-state index >= 15 is 0 Å². The third-order valence-electron chi connectivity index (χ3n) is 3.65. The summed E-state index contributed by atoms with van der Waals surface area (Å²) >= 11 is 0. The van der Waals surface area contributed by atoms with E-state index in [0.717, 1.165) is 41.0 Å². The Bertz CT molecular complexity index is 792. The van der Waals surface area contributed by atoms with E-state index in [1.165, 1.54) is 5.56 Å². The summed E-state index contributed by atoms with van der Waals surface area (Å²) in [5, 5.41) is 6.61. The molecule has 1 heterocycles. The number of fused-ring (bicyclic) bond motifs is 1. The molecule has 2 aromatic carbocycles. The van der Waals surface area contributed by atoms with Gasteiger partial charge in [0.2, 0.25) is 5.89 Å². The van der Waals surface area contributed by atoms with Crippen molar-refractivity contribution in [3.8, 4) is 11.5 Å². The van der Waals surface area contributed by atoms with Gasteiger partial charge in [-0.25, -0.2) is 4.98 Å². The zero-order valence-corrected chi connectivity index (χ0v) is 13.2. The molecule has 3 rings (SSSR count). The molecule has 4 heteroatoms. The summed E-state index contributed by atoms with van der Waals surface area (Å²) in [4.78, 5) is 4.63. The number of hydrogen-bond donors (Lipinski definition) is 2. The molecule has 0 aliphatic heterocycles. The molecule has 22 heavy (non-hydrogen) atoms. The average molecular weight is 295 g/mol. The highest BCUT2D eigenvalue weighted by Crippen LogP contribution is 2.32. The van der Waals surface area contributed by atoms with Crippen molar-refractivity contribution >= 4 is 22.5 Å². The SMILES string of the molecule is CCCNc1ccc(NC)cc1-c1nc2ccc(C)cc2o1. The van der Waals surface area contributed by atoms with Gasteiger partial charge < -0.3 is 15.1 Å². The van der Waals surface area contributed by atoms with Crippen LogP contribution in [0.15, 0.2) is 40.8 Å². The predicted molar refractivity (Wildman–Crippen MR) is 92.5 cm³/mol. The Morgan fingerprint density at radius 3 is 2.77 bits per heavy atom. The zero-order valence-electron chi connectivity index (χ0n) is 13.2. The first kappa shape index (κ1) is 14.4. The summed E-state index contributed by atoms with van der Waals surface area (Å²) in [6.45, 7) is 5.12. The number of hydrogen-bond acceptors (Lipinski definition) is 4. The fourth-order valence-electron chi connectivity index (χ4n) is 2.44. The highest BCUT2D eigenvalue weighted by Gasteiger charge is 2.13. The summed E-state index contributed by atoms with van der Waals surface area (Å²) in [5.74, 6) is 0.649. The molecule has 0 amide bonds. The van der Waals surface area contributed by atoms with Crippen LogP contribution in [0.25, 0.3) is 22.6 Å². The molecule has 2 N–H and O–H groups in total. The molecule has 1 aromatic heterocycles. The van der Waals surface area contributed by atoms with Crippen molar-refractivity contribution in [1.82, 2.24) is 4.98 Å². The van der Waals surface area contributed by atoms with E-state index < -0.39 is 0 Å². The van der Waals surface area contributed by atoms with E-state index in [1.807, 2.05) is 25.2 Å². The number of benzene rings is 2. The average Bonchev–Trinajstić information content (AvgIpc) is 2.95. The molecule has 3 aromatic rings. The molecule has 0 unspecified atom stereocenters. The van der Waals surface area contributed by atoms with Crippen LogP contribution in [0.2, 0.25) is 0 Å². The van der Waals surface area contributed by atoms with Crippen LogP contribution in [0.1, 0.15) is 18.9 Å². The van der Waals surface area contributed by atoms with Crippen molar-refractivity contribution in [2.75, 3.05) is 24.2 Å². The van der Waals surface area contributed by atoms with Gasteiger partial charge in [0.15, 0.2) is 5.58 Å². The molecule has 0 spiro atoms. The lowest BCUT2D eigenvalue weighted by atomic mass is 10.1. The second kappa shape index (κ2) is 6.10. The number of aryl methyl sites for hydroxylation is 1. The maximum atomic E-state index is 5.98. The van der Waals surface area contributed by atoms with Gasteiger partial charge in [-0.05, 0) is 49.2 Å². The Hall–Kier alpha value is -2.49. The van der Waals surface area contributed by atoms with Gasteiger partial charge in [0.25, 0.3) is 0 Å². The molecule has 0 bridgehead atoms. The van der Waals surface area contributed by atoms with Crippen LogP contribution in [0.3, 0.4) is 0 Å². The minimum atomic E-state index is 0.649. The first-order chi connectivity index (χ1) is 10.7. The van der Waals surface area contributed by atoms with E-state index in [2.05, 4.69) is 47.7 Å². The van der Waals surface area contributed by atoms with E-state index in [9.17, 15) is 0 Å². The molecule has 4 nitrogen and oxygen atoms in total. The molecule has 114 valence electrons. The third-order valence-corrected chi connectivity index (χ3v) is 3.65. The number of rotatable bonds is 5. The first-order valence-electron chi connectivity index (χ1n) is 7.64. The van der Waals surface area contributed by atoms with E-state index in [0.29, 0.717) is 5.89 Å². The van der Waals surface area contributed by atoms with Gasteiger partial charge in [-0.2, -0.15) is 0 Å². The van der Waals surface area contributed by atoms with Crippen molar-refractivity contribution in [1.29, 1.82) is 0 Å². The van der Waals surface area contributed by atoms with Crippen LogP contribution >= 0.6 is 0 Å². The number of oxazole rings is 1. The number of anilines is 2. The van der Waals surface area contributed by atoms with Gasteiger partial charge in [-0.1, -0.05) is 13.0 Å². The largest absolute Gasteiger partial charge is 0.436 e. The highest BCUT2D eigenvalue weighted by atomic mass is 16.3. The van der Waals surface area contributed by atoms with Crippen LogP contribution in [-0.4, -0.2) is 18.6 Å². The Morgan fingerprint density at radius 1 is 1.14 bits per heavy atom. The molecule has 0 saturated carbocycles. The Morgan fingerprint density at radius 2 is 2.00 bits per heavy atom. The van der Waals surface area contributed by atoms with E-state index in [1.54, 1.807) is 0 Å². The van der Waals surface area contributed by atoms with Crippen LogP contribution in [-0.2, 0) is 0 Å². The quantitative estimate of drug-likeness (QED) is 0.718. The fraction of sp³-hybridized carbons (Fsp3) is 0.278. The second-order valence-corrected chi connectivity index (χ2v) is 5.43. The standard InChI is InChI=1S/C18H21N3O/c1-4-9-20-15-8-6-13(19-3)11-14(15)18-21-16-7-5-12(2)10-17(16)22-18/h5-8,10-11,19-20H,4,9H2,1-3H3. The summed E-state index contributed by atoms with van der Waals surface area (Å²) in [6, 6.07) is 12.3. The van der Waals surface area contributed by atoms with Crippen molar-refractivity contribution < 1.29 is 4.42 Å². The Kier molecular flexibility index (Phi) is 4.00. The topological polar surface area (TPSA) is 50.1 Å².